The summed E-state index contributed by atoms with van der Waals surface area (Å²) in [5, 5.41) is 14.4. The SMILES string of the molecule is CCCCn1cccc1C(C(=O)O)C1CCC(NC(c2ccccc2)(c2ccccc2)c2ccccc2)CC1. The van der Waals surface area contributed by atoms with Gasteiger partial charge >= 0.3 is 5.97 Å². The Morgan fingerprint density at radius 2 is 1.33 bits per heavy atom. The zero-order valence-corrected chi connectivity index (χ0v) is 22.9. The fourth-order valence-electron chi connectivity index (χ4n) is 6.53. The molecule has 4 nitrogen and oxygen atoms in total. The number of nitrogens with one attached hydrogen (secondary N) is 1. The van der Waals surface area contributed by atoms with Crippen molar-refractivity contribution in [3.05, 3.63) is 132 Å². The number of carboxylic acid groups (broad SMARTS) is 1. The molecule has 1 atom stereocenters. The molecule has 4 heteroatoms. The molecule has 39 heavy (non-hydrogen) atoms. The van der Waals surface area contributed by atoms with Crippen LogP contribution in [0.4, 0.5) is 0 Å². The second-order valence-electron chi connectivity index (χ2n) is 10.9. The highest BCUT2D eigenvalue weighted by Crippen LogP contribution is 2.41. The predicted molar refractivity (Wildman–Crippen MR) is 158 cm³/mol. The van der Waals surface area contributed by atoms with Crippen LogP contribution in [0, 0.1) is 5.92 Å². The minimum absolute atomic E-state index is 0.135. The van der Waals surface area contributed by atoms with Crippen molar-refractivity contribution >= 4 is 5.97 Å². The van der Waals surface area contributed by atoms with E-state index in [0.29, 0.717) is 0 Å². The van der Waals surface area contributed by atoms with Gasteiger partial charge < -0.3 is 9.67 Å². The molecule has 5 rings (SSSR count). The van der Waals surface area contributed by atoms with Gasteiger partial charge in [-0.2, -0.15) is 0 Å². The Bertz CT molecular complexity index is 1210. The minimum Gasteiger partial charge on any atom is -0.481 e. The third-order valence-corrected chi connectivity index (χ3v) is 8.49. The normalized spacial score (nSPS) is 18.5. The van der Waals surface area contributed by atoms with Crippen LogP contribution < -0.4 is 5.32 Å². The Kier molecular flexibility index (Phi) is 8.63. The molecule has 2 N–H and O–H groups in total. The second-order valence-corrected chi connectivity index (χ2v) is 10.9. The van der Waals surface area contributed by atoms with E-state index in [4.69, 9.17) is 0 Å². The number of aryl methyl sites for hydroxylation is 1. The largest absolute Gasteiger partial charge is 0.481 e. The van der Waals surface area contributed by atoms with Gasteiger partial charge in [-0.15, -0.1) is 0 Å². The number of rotatable bonds is 11. The van der Waals surface area contributed by atoms with Gasteiger partial charge in [0.1, 0.15) is 0 Å². The maximum absolute atomic E-state index is 12.6. The molecule has 0 bridgehead atoms. The number of carbonyl (C=O) groups is 1. The molecular weight excluding hydrogens is 480 g/mol. The number of carboxylic acids is 1. The number of hydrogen-bond donors (Lipinski definition) is 2. The lowest BCUT2D eigenvalue weighted by Gasteiger charge is -2.42. The summed E-state index contributed by atoms with van der Waals surface area (Å²) in [5.41, 5.74) is 4.09. The van der Waals surface area contributed by atoms with Crippen LogP contribution in [0.15, 0.2) is 109 Å². The maximum atomic E-state index is 12.6. The first kappa shape index (κ1) is 27.0. The number of unbranched alkanes of at least 4 members (excludes halogenated alkanes) is 1. The van der Waals surface area contributed by atoms with Gasteiger partial charge in [-0.1, -0.05) is 104 Å². The first-order valence-corrected chi connectivity index (χ1v) is 14.5. The van der Waals surface area contributed by atoms with Crippen LogP contribution in [0.5, 0.6) is 0 Å². The van der Waals surface area contributed by atoms with Gasteiger partial charge in [0.2, 0.25) is 0 Å². The van der Waals surface area contributed by atoms with Crippen molar-refractivity contribution in [1.29, 1.82) is 0 Å². The summed E-state index contributed by atoms with van der Waals surface area (Å²) < 4.78 is 2.16. The molecule has 4 aromatic rings. The van der Waals surface area contributed by atoms with E-state index in [9.17, 15) is 9.90 Å². The van der Waals surface area contributed by atoms with E-state index in [-0.39, 0.29) is 12.0 Å². The molecule has 0 aliphatic heterocycles. The fourth-order valence-corrected chi connectivity index (χ4v) is 6.53. The number of nitrogens with zero attached hydrogens (tertiary/aromatic N) is 1. The van der Waals surface area contributed by atoms with Gasteiger partial charge in [0, 0.05) is 24.5 Å². The summed E-state index contributed by atoms with van der Waals surface area (Å²) in [7, 11) is 0. The summed E-state index contributed by atoms with van der Waals surface area (Å²) in [4.78, 5) is 12.6. The molecule has 3 aromatic carbocycles. The first-order chi connectivity index (χ1) is 19.1. The van der Waals surface area contributed by atoms with Crippen molar-refractivity contribution < 1.29 is 9.90 Å². The van der Waals surface area contributed by atoms with E-state index in [0.717, 1.165) is 50.8 Å². The monoisotopic (exact) mass is 520 g/mol. The van der Waals surface area contributed by atoms with E-state index in [1.54, 1.807) is 0 Å². The van der Waals surface area contributed by atoms with Crippen molar-refractivity contribution in [2.45, 2.75) is 69.5 Å². The summed E-state index contributed by atoms with van der Waals surface area (Å²) in [6.07, 6.45) is 7.87. The van der Waals surface area contributed by atoms with Gasteiger partial charge in [-0.05, 0) is 66.8 Å². The Hall–Kier alpha value is -3.63. The minimum atomic E-state index is -0.699. The van der Waals surface area contributed by atoms with E-state index in [2.05, 4.69) is 108 Å². The van der Waals surface area contributed by atoms with Crippen LogP contribution in [-0.4, -0.2) is 21.7 Å². The smallest absolute Gasteiger partial charge is 0.312 e. The molecule has 1 aromatic heterocycles. The number of aliphatic carboxylic acids is 1. The molecule has 1 saturated carbocycles. The highest BCUT2D eigenvalue weighted by Gasteiger charge is 2.40. The Labute approximate surface area is 232 Å². The highest BCUT2D eigenvalue weighted by molar-refractivity contribution is 5.76. The van der Waals surface area contributed by atoms with E-state index < -0.39 is 17.4 Å². The summed E-state index contributed by atoms with van der Waals surface area (Å²) in [6.45, 7) is 3.06. The van der Waals surface area contributed by atoms with Crippen molar-refractivity contribution in [1.82, 2.24) is 9.88 Å². The molecule has 202 valence electrons. The molecule has 1 heterocycles. The lowest BCUT2D eigenvalue weighted by molar-refractivity contribution is -0.140. The van der Waals surface area contributed by atoms with Crippen molar-refractivity contribution in [2.24, 2.45) is 5.92 Å². The Morgan fingerprint density at radius 3 is 1.79 bits per heavy atom. The number of hydrogen-bond acceptors (Lipinski definition) is 2. The van der Waals surface area contributed by atoms with Gasteiger partial charge in [-0.25, -0.2) is 0 Å². The molecule has 1 unspecified atom stereocenters. The quantitative estimate of drug-likeness (QED) is 0.200. The zero-order valence-electron chi connectivity index (χ0n) is 22.9. The van der Waals surface area contributed by atoms with Crippen LogP contribution in [0.2, 0.25) is 0 Å². The van der Waals surface area contributed by atoms with Gasteiger partial charge in [-0.3, -0.25) is 10.1 Å². The Balaban J connectivity index is 1.43. The maximum Gasteiger partial charge on any atom is 0.312 e. The van der Waals surface area contributed by atoms with Crippen LogP contribution >= 0.6 is 0 Å². The summed E-state index contributed by atoms with van der Waals surface area (Å²) in [5.74, 6) is -1.02. The fraction of sp³-hybridized carbons (Fsp3) is 0.343. The lowest BCUT2D eigenvalue weighted by atomic mass is 9.73. The van der Waals surface area contributed by atoms with Crippen molar-refractivity contribution in [3.8, 4) is 0 Å². The standard InChI is InChI=1S/C35H40N2O2/c1-2-3-25-37-26-13-20-32(37)33(34(38)39)27-21-23-31(24-22-27)36-35(28-14-7-4-8-15-28,29-16-9-5-10-17-29)30-18-11-6-12-19-30/h4-20,26-27,31,33,36H,2-3,21-25H2,1H3,(H,38,39). The zero-order chi connectivity index (χ0) is 27.1. The lowest BCUT2D eigenvalue weighted by Crippen LogP contribution is -2.51. The molecule has 0 spiro atoms. The molecule has 0 amide bonds. The van der Waals surface area contributed by atoms with Gasteiger partial charge in [0.25, 0.3) is 0 Å². The Morgan fingerprint density at radius 1 is 0.821 bits per heavy atom. The van der Waals surface area contributed by atoms with Crippen LogP contribution in [0.3, 0.4) is 0 Å². The van der Waals surface area contributed by atoms with Gasteiger partial charge in [0.05, 0.1) is 11.5 Å². The molecule has 0 radical (unpaired) electrons. The van der Waals surface area contributed by atoms with Crippen LogP contribution in [0.25, 0.3) is 0 Å². The van der Waals surface area contributed by atoms with E-state index in [1.165, 1.54) is 16.7 Å². The molecule has 1 aliphatic rings. The molecule has 1 aliphatic carbocycles. The third-order valence-electron chi connectivity index (χ3n) is 8.49. The number of benzene rings is 3. The first-order valence-electron chi connectivity index (χ1n) is 14.5. The average molecular weight is 521 g/mol. The average Bonchev–Trinajstić information content (AvgIpc) is 3.44. The molecule has 1 fully saturated rings. The highest BCUT2D eigenvalue weighted by atomic mass is 16.4. The predicted octanol–water partition coefficient (Wildman–Crippen LogP) is 7.60. The van der Waals surface area contributed by atoms with Crippen LogP contribution in [0.1, 0.15) is 73.8 Å². The van der Waals surface area contributed by atoms with Crippen molar-refractivity contribution in [2.75, 3.05) is 0 Å². The van der Waals surface area contributed by atoms with E-state index in [1.807, 2.05) is 18.3 Å². The topological polar surface area (TPSA) is 54.3 Å². The summed E-state index contributed by atoms with van der Waals surface area (Å²) in [6, 6.07) is 36.4. The number of aromatic nitrogens is 1. The van der Waals surface area contributed by atoms with Crippen LogP contribution in [-0.2, 0) is 16.9 Å². The van der Waals surface area contributed by atoms with Gasteiger partial charge in [0.15, 0.2) is 0 Å². The second kappa shape index (κ2) is 12.5. The molecular formula is C35H40N2O2. The molecule has 0 saturated heterocycles. The van der Waals surface area contributed by atoms with E-state index >= 15 is 0 Å². The summed E-state index contributed by atoms with van der Waals surface area (Å²) >= 11 is 0. The van der Waals surface area contributed by atoms with Crippen molar-refractivity contribution in [3.63, 3.8) is 0 Å². The third kappa shape index (κ3) is 5.72.